The van der Waals surface area contributed by atoms with Crippen LogP contribution in [0.3, 0.4) is 0 Å². The van der Waals surface area contributed by atoms with E-state index in [0.29, 0.717) is 23.5 Å². The molecular weight excluding hydrogens is 590 g/mol. The van der Waals surface area contributed by atoms with Crippen molar-refractivity contribution in [2.24, 2.45) is 5.92 Å². The molecule has 0 bridgehead atoms. The maximum Gasteiger partial charge on any atom is 0.307 e. The molecule has 0 saturated heterocycles. The molecule has 0 spiro atoms. The van der Waals surface area contributed by atoms with Crippen LogP contribution in [0.2, 0.25) is 0 Å². The molecule has 1 amide bonds. The van der Waals surface area contributed by atoms with Crippen molar-refractivity contribution in [1.29, 1.82) is 5.26 Å². The number of carbonyl (C=O) groups is 3. The molecule has 2 heterocycles. The van der Waals surface area contributed by atoms with Crippen LogP contribution in [0.1, 0.15) is 54.0 Å². The van der Waals surface area contributed by atoms with E-state index in [2.05, 4.69) is 11.1 Å². The lowest BCUT2D eigenvalue weighted by molar-refractivity contribution is -0.151. The largest absolute Gasteiger partial charge is 0.481 e. The predicted molar refractivity (Wildman–Crippen MR) is 171 cm³/mol. The van der Waals surface area contributed by atoms with E-state index in [-0.39, 0.29) is 12.5 Å². The Labute approximate surface area is 263 Å². The van der Waals surface area contributed by atoms with E-state index < -0.39 is 42.6 Å². The number of benzene rings is 3. The van der Waals surface area contributed by atoms with Crippen molar-refractivity contribution in [2.75, 3.05) is 0 Å². The number of rotatable bonds is 13. The maximum absolute atomic E-state index is 13.9. The quantitative estimate of drug-likeness (QED) is 0.142. The van der Waals surface area contributed by atoms with Crippen molar-refractivity contribution in [3.63, 3.8) is 0 Å². The highest BCUT2D eigenvalue weighted by atomic mass is 32.1. The molecule has 2 N–H and O–H groups in total. The number of para-hydroxylation sites is 2. The van der Waals surface area contributed by atoms with E-state index in [4.69, 9.17) is 4.42 Å². The molecular formula is C35H31N3O6S. The minimum absolute atomic E-state index is 0.223. The Bertz CT molecular complexity index is 1840. The third-order valence-electron chi connectivity index (χ3n) is 7.82. The maximum atomic E-state index is 13.9. The van der Waals surface area contributed by atoms with Gasteiger partial charge in [0.15, 0.2) is 5.58 Å². The van der Waals surface area contributed by atoms with Gasteiger partial charge >= 0.3 is 11.9 Å². The molecule has 5 rings (SSSR count). The second-order valence-corrected chi connectivity index (χ2v) is 12.0. The molecule has 5 aromatic rings. The highest BCUT2D eigenvalue weighted by Crippen LogP contribution is 2.33. The minimum Gasteiger partial charge on any atom is -0.481 e. The second-order valence-electron chi connectivity index (χ2n) is 10.8. The van der Waals surface area contributed by atoms with Crippen molar-refractivity contribution in [3.8, 4) is 6.07 Å². The van der Waals surface area contributed by atoms with E-state index in [9.17, 15) is 29.9 Å². The zero-order valence-corrected chi connectivity index (χ0v) is 25.3. The molecule has 45 heavy (non-hydrogen) atoms. The summed E-state index contributed by atoms with van der Waals surface area (Å²) in [4.78, 5) is 44.3. The zero-order chi connectivity index (χ0) is 31.9. The molecule has 0 saturated carbocycles. The van der Waals surface area contributed by atoms with Crippen LogP contribution in [-0.2, 0) is 20.9 Å². The number of allylic oxidation sites excluding steroid dienone is 1. The molecule has 0 aliphatic carbocycles. The summed E-state index contributed by atoms with van der Waals surface area (Å²) in [6.07, 6.45) is 3.08. The average Bonchev–Trinajstić information content (AvgIpc) is 3.64. The number of nitriles is 1. The lowest BCUT2D eigenvalue weighted by Crippen LogP contribution is -2.42. The van der Waals surface area contributed by atoms with Crippen molar-refractivity contribution < 1.29 is 29.0 Å². The summed E-state index contributed by atoms with van der Waals surface area (Å²) in [6, 6.07) is 26.2. The van der Waals surface area contributed by atoms with Gasteiger partial charge in [0.2, 0.25) is 11.8 Å². The lowest BCUT2D eigenvalue weighted by Gasteiger charge is -2.35. The van der Waals surface area contributed by atoms with Gasteiger partial charge in [0.05, 0.1) is 30.5 Å². The van der Waals surface area contributed by atoms with Gasteiger partial charge in [0.25, 0.3) is 0 Å². The number of oxazole rings is 1. The minimum atomic E-state index is -1.36. The van der Waals surface area contributed by atoms with E-state index in [1.165, 1.54) is 0 Å². The van der Waals surface area contributed by atoms with Crippen molar-refractivity contribution in [2.45, 2.75) is 44.7 Å². The molecule has 1 unspecified atom stereocenters. The monoisotopic (exact) mass is 621 g/mol. The topological polar surface area (TPSA) is 145 Å². The number of hydrogen-bond donors (Lipinski definition) is 2. The average molecular weight is 622 g/mol. The fourth-order valence-electron chi connectivity index (χ4n) is 5.44. The number of aliphatic carboxylic acids is 2. The third-order valence-corrected chi connectivity index (χ3v) is 8.92. The van der Waals surface area contributed by atoms with Gasteiger partial charge in [-0.05, 0) is 66.8 Å². The zero-order valence-electron chi connectivity index (χ0n) is 24.5. The van der Waals surface area contributed by atoms with Gasteiger partial charge in [-0.25, -0.2) is 4.98 Å². The van der Waals surface area contributed by atoms with Gasteiger partial charge in [-0.3, -0.25) is 14.4 Å². The molecule has 3 atom stereocenters. The number of nitrogens with zero attached hydrogens (tertiary/aromatic N) is 3. The Morgan fingerprint density at radius 2 is 1.76 bits per heavy atom. The van der Waals surface area contributed by atoms with E-state index in [0.717, 1.165) is 26.0 Å². The van der Waals surface area contributed by atoms with Crippen LogP contribution >= 0.6 is 11.3 Å². The molecule has 9 nitrogen and oxygen atoms in total. The molecule has 0 fully saturated rings. The first kappa shape index (κ1) is 31.2. The highest BCUT2D eigenvalue weighted by molar-refractivity contribution is 7.19. The van der Waals surface area contributed by atoms with E-state index >= 15 is 0 Å². The van der Waals surface area contributed by atoms with Crippen molar-refractivity contribution >= 4 is 56.4 Å². The summed E-state index contributed by atoms with van der Waals surface area (Å²) in [5, 5.41) is 29.4. The fourth-order valence-corrected chi connectivity index (χ4v) is 6.50. The Balaban J connectivity index is 1.49. The molecule has 3 aromatic carbocycles. The normalized spacial score (nSPS) is 13.4. The first-order chi connectivity index (χ1) is 21.7. The Kier molecular flexibility index (Phi) is 9.70. The van der Waals surface area contributed by atoms with Gasteiger partial charge in [-0.2, -0.15) is 5.26 Å². The van der Waals surface area contributed by atoms with Crippen LogP contribution in [0, 0.1) is 17.2 Å². The SMILES string of the molecule is C[C@H]([C@H](C/C=C/c1nc2ccccc2o1)c1ccc(C#N)cc1)N(Cc1cc2ccccc2s1)C(=O)CC(CC(=O)O)C(=O)O. The summed E-state index contributed by atoms with van der Waals surface area (Å²) < 4.78 is 6.90. The Morgan fingerprint density at radius 3 is 2.44 bits per heavy atom. The molecule has 0 radical (unpaired) electrons. The summed E-state index contributed by atoms with van der Waals surface area (Å²) in [7, 11) is 0. The number of carboxylic acids is 2. The van der Waals surface area contributed by atoms with Gasteiger partial charge < -0.3 is 19.5 Å². The number of aromatic nitrogens is 1. The van der Waals surface area contributed by atoms with E-state index in [1.807, 2.05) is 79.7 Å². The lowest BCUT2D eigenvalue weighted by atomic mass is 9.87. The first-order valence-corrected chi connectivity index (χ1v) is 15.3. The van der Waals surface area contributed by atoms with Crippen LogP contribution in [-0.4, -0.2) is 44.0 Å². The third kappa shape index (κ3) is 7.63. The molecule has 228 valence electrons. The smallest absolute Gasteiger partial charge is 0.307 e. The highest BCUT2D eigenvalue weighted by Gasteiger charge is 2.32. The number of hydrogen-bond acceptors (Lipinski definition) is 7. The molecule has 10 heteroatoms. The number of thiophene rings is 1. The summed E-state index contributed by atoms with van der Waals surface area (Å²) in [5.41, 5.74) is 2.80. The molecule has 0 aliphatic heterocycles. The van der Waals surface area contributed by atoms with Crippen LogP contribution in [0.15, 0.2) is 89.4 Å². The Hall–Kier alpha value is -5.27. The molecule has 2 aromatic heterocycles. The summed E-state index contributed by atoms with van der Waals surface area (Å²) in [6.45, 7) is 2.13. The Morgan fingerprint density at radius 1 is 1.02 bits per heavy atom. The van der Waals surface area contributed by atoms with E-state index in [1.54, 1.807) is 34.4 Å². The molecule has 0 aliphatic rings. The number of carboxylic acid groups (broad SMARTS) is 2. The fraction of sp³-hybridized carbons (Fsp3) is 0.229. The van der Waals surface area contributed by atoms with Crippen LogP contribution in [0.25, 0.3) is 27.3 Å². The second kappa shape index (κ2) is 14.0. The van der Waals surface area contributed by atoms with Crippen LogP contribution in [0.5, 0.6) is 0 Å². The van der Waals surface area contributed by atoms with Crippen molar-refractivity contribution in [1.82, 2.24) is 9.88 Å². The van der Waals surface area contributed by atoms with Crippen molar-refractivity contribution in [3.05, 3.63) is 107 Å². The number of carbonyl (C=O) groups excluding carboxylic acids is 1. The van der Waals surface area contributed by atoms with Crippen LogP contribution < -0.4 is 0 Å². The van der Waals surface area contributed by atoms with Gasteiger partial charge in [-0.15, -0.1) is 11.3 Å². The summed E-state index contributed by atoms with van der Waals surface area (Å²) in [5.74, 6) is -4.24. The van der Waals surface area contributed by atoms with Crippen LogP contribution in [0.4, 0.5) is 0 Å². The first-order valence-electron chi connectivity index (χ1n) is 14.5. The number of amides is 1. The van der Waals surface area contributed by atoms with Gasteiger partial charge in [0, 0.05) is 28.0 Å². The standard InChI is InChI=1S/C35H31N3O6S/c1-22(28(24-15-13-23(20-36)14-16-24)8-6-12-32-37-29-9-3-4-10-30(29)44-32)38(33(39)18-26(35(42)43)19-34(40)41)21-27-17-25-7-2-5-11-31(25)45-27/h2-7,9-17,22,26,28H,8,18-19,21H2,1H3,(H,40,41)(H,42,43)/b12-6+/t22-,26?,28+/m1/s1. The van der Waals surface area contributed by atoms with Gasteiger partial charge in [0.1, 0.15) is 5.52 Å². The number of fused-ring (bicyclic) bond motifs is 2. The summed E-state index contributed by atoms with van der Waals surface area (Å²) >= 11 is 1.55. The predicted octanol–water partition coefficient (Wildman–Crippen LogP) is 7.08. The van der Waals surface area contributed by atoms with Gasteiger partial charge in [-0.1, -0.05) is 48.5 Å².